The number of hydrogen-bond acceptors (Lipinski definition) is 3. The van der Waals surface area contributed by atoms with Crippen molar-refractivity contribution in [2.75, 3.05) is 6.61 Å². The molecule has 0 aliphatic rings. The lowest BCUT2D eigenvalue weighted by atomic mass is 9.83. The maximum atomic E-state index is 11.8. The van der Waals surface area contributed by atoms with Crippen LogP contribution in [-0.4, -0.2) is 27.0 Å². The molecule has 0 fully saturated rings. The van der Waals surface area contributed by atoms with Gasteiger partial charge in [0.25, 0.3) is 0 Å². The van der Waals surface area contributed by atoms with Crippen molar-refractivity contribution < 1.29 is 14.0 Å². The van der Waals surface area contributed by atoms with E-state index < -0.39 is 8.32 Å². The number of terminal acetylenes is 1. The van der Waals surface area contributed by atoms with E-state index in [9.17, 15) is 4.79 Å². The second-order valence-electron chi connectivity index (χ2n) is 8.34. The highest BCUT2D eigenvalue weighted by Crippen LogP contribution is 2.45. The minimum Gasteiger partial charge on any atom is -0.463 e. The Balaban J connectivity index is 5.89. The molecule has 0 rings (SSSR count). The highest BCUT2D eigenvalue weighted by atomic mass is 28.4. The van der Waals surface area contributed by atoms with E-state index in [1.165, 1.54) is 6.08 Å². The number of rotatable bonds is 10. The van der Waals surface area contributed by atoms with Crippen LogP contribution in [0.25, 0.3) is 0 Å². The Morgan fingerprint density at radius 1 is 1.12 bits per heavy atom. The van der Waals surface area contributed by atoms with Crippen molar-refractivity contribution in [3.8, 4) is 12.3 Å². The van der Waals surface area contributed by atoms with Crippen LogP contribution >= 0.6 is 0 Å². The van der Waals surface area contributed by atoms with E-state index >= 15 is 0 Å². The second kappa shape index (κ2) is 10.2. The van der Waals surface area contributed by atoms with Gasteiger partial charge in [0.15, 0.2) is 0 Å². The summed E-state index contributed by atoms with van der Waals surface area (Å²) in [5.74, 6) is 2.43. The molecule has 0 bridgehead atoms. The summed E-state index contributed by atoms with van der Waals surface area (Å²) in [6.07, 6.45) is 9.30. The molecule has 0 aromatic rings. The van der Waals surface area contributed by atoms with Gasteiger partial charge in [-0.3, -0.25) is 0 Å². The Morgan fingerprint density at radius 3 is 1.96 bits per heavy atom. The normalized spacial score (nSPS) is 14.4. The Morgan fingerprint density at radius 2 is 1.60 bits per heavy atom. The monoisotopic (exact) mass is 366 g/mol. The molecule has 0 aliphatic carbocycles. The predicted octanol–water partition coefficient (Wildman–Crippen LogP) is 5.72. The highest BCUT2D eigenvalue weighted by molar-refractivity contribution is 6.77. The van der Waals surface area contributed by atoms with Crippen molar-refractivity contribution >= 4 is 14.3 Å². The highest BCUT2D eigenvalue weighted by Gasteiger charge is 2.48. The van der Waals surface area contributed by atoms with E-state index in [4.69, 9.17) is 15.6 Å². The van der Waals surface area contributed by atoms with Crippen LogP contribution in [0.1, 0.15) is 68.7 Å². The van der Waals surface area contributed by atoms with Gasteiger partial charge in [-0.15, -0.1) is 12.3 Å². The summed E-state index contributed by atoms with van der Waals surface area (Å²) < 4.78 is 11.9. The molecular formula is C21H38O3Si. The average molecular weight is 367 g/mol. The van der Waals surface area contributed by atoms with Crippen LogP contribution in [0.15, 0.2) is 12.2 Å². The quantitative estimate of drug-likeness (QED) is 0.215. The van der Waals surface area contributed by atoms with Gasteiger partial charge < -0.3 is 9.16 Å². The molecule has 0 radical (unpaired) electrons. The van der Waals surface area contributed by atoms with Gasteiger partial charge in [0.05, 0.1) is 12.7 Å². The lowest BCUT2D eigenvalue weighted by Crippen LogP contribution is -2.52. The maximum Gasteiger partial charge on any atom is 0.330 e. The molecule has 25 heavy (non-hydrogen) atoms. The molecule has 0 amide bonds. The molecule has 0 aromatic carbocycles. The summed E-state index contributed by atoms with van der Waals surface area (Å²) >= 11 is 0. The molecule has 0 saturated carbocycles. The molecule has 1 atom stereocenters. The van der Waals surface area contributed by atoms with E-state index in [-0.39, 0.29) is 17.5 Å². The van der Waals surface area contributed by atoms with E-state index in [1.807, 2.05) is 6.08 Å². The van der Waals surface area contributed by atoms with E-state index in [1.54, 1.807) is 6.92 Å². The minimum atomic E-state index is -2.09. The summed E-state index contributed by atoms with van der Waals surface area (Å²) in [5, 5.41) is 0. The third-order valence-corrected chi connectivity index (χ3v) is 11.1. The zero-order chi connectivity index (χ0) is 19.8. The molecule has 144 valence electrons. The van der Waals surface area contributed by atoms with E-state index in [0.29, 0.717) is 29.7 Å². The first-order valence-electron chi connectivity index (χ1n) is 9.41. The van der Waals surface area contributed by atoms with Gasteiger partial charge in [0.1, 0.15) is 0 Å². The van der Waals surface area contributed by atoms with E-state index in [0.717, 1.165) is 0 Å². The lowest BCUT2D eigenvalue weighted by Gasteiger charge is -2.47. The van der Waals surface area contributed by atoms with Crippen molar-refractivity contribution in [2.45, 2.75) is 91.5 Å². The van der Waals surface area contributed by atoms with Crippen molar-refractivity contribution in [2.24, 2.45) is 5.41 Å². The SMILES string of the molecule is C#CCC(C)(C)C(/C=C/C(=O)OCC)O[Si](C(C)C)(C(C)C)C(C)C. The topological polar surface area (TPSA) is 35.5 Å². The number of hydrogen-bond donors (Lipinski definition) is 0. The molecule has 0 saturated heterocycles. The fourth-order valence-electron chi connectivity index (χ4n) is 3.81. The molecular weight excluding hydrogens is 328 g/mol. The van der Waals surface area contributed by atoms with Crippen molar-refractivity contribution in [1.82, 2.24) is 0 Å². The zero-order valence-electron chi connectivity index (χ0n) is 17.7. The average Bonchev–Trinajstić information content (AvgIpc) is 2.46. The first kappa shape index (κ1) is 23.9. The van der Waals surface area contributed by atoms with Gasteiger partial charge in [0.2, 0.25) is 8.32 Å². The summed E-state index contributed by atoms with van der Waals surface area (Å²) in [7, 11) is -2.09. The third kappa shape index (κ3) is 6.31. The maximum absolute atomic E-state index is 11.8. The first-order chi connectivity index (χ1) is 11.5. The van der Waals surface area contributed by atoms with Crippen molar-refractivity contribution in [1.29, 1.82) is 0 Å². The number of ether oxygens (including phenoxy) is 1. The van der Waals surface area contributed by atoms with Crippen LogP contribution < -0.4 is 0 Å². The standard InChI is InChI=1S/C21H38O3Si/c1-11-15-21(9,10)19(13-14-20(22)23-12-2)24-25(16(3)4,17(5)6)18(7)8/h1,13-14,16-19H,12,15H2,2-10H3/b14-13+. The van der Waals surface area contributed by atoms with Gasteiger partial charge in [-0.25, -0.2) is 4.79 Å². The van der Waals surface area contributed by atoms with Crippen LogP contribution in [-0.2, 0) is 14.0 Å². The van der Waals surface area contributed by atoms with Crippen molar-refractivity contribution in [3.05, 3.63) is 12.2 Å². The second-order valence-corrected chi connectivity index (χ2v) is 13.7. The van der Waals surface area contributed by atoms with Crippen LogP contribution in [0.4, 0.5) is 0 Å². The Hall–Kier alpha value is -1.05. The van der Waals surface area contributed by atoms with Crippen LogP contribution in [0, 0.1) is 17.8 Å². The molecule has 4 heteroatoms. The summed E-state index contributed by atoms with van der Waals surface area (Å²) in [6.45, 7) is 19.9. The zero-order valence-corrected chi connectivity index (χ0v) is 18.7. The summed E-state index contributed by atoms with van der Waals surface area (Å²) in [5.41, 5.74) is 1.14. The summed E-state index contributed by atoms with van der Waals surface area (Å²) in [6, 6.07) is 0. The van der Waals surface area contributed by atoms with Crippen molar-refractivity contribution in [3.63, 3.8) is 0 Å². The molecule has 0 aliphatic heterocycles. The van der Waals surface area contributed by atoms with Gasteiger partial charge >= 0.3 is 5.97 Å². The molecule has 3 nitrogen and oxygen atoms in total. The lowest BCUT2D eigenvalue weighted by molar-refractivity contribution is -0.137. The molecule has 0 N–H and O–H groups in total. The Kier molecular flexibility index (Phi) is 9.75. The number of esters is 1. The Bertz CT molecular complexity index is 462. The molecule has 0 spiro atoms. The molecule has 1 unspecified atom stereocenters. The van der Waals surface area contributed by atoms with Crippen LogP contribution in [0.3, 0.4) is 0 Å². The number of carbonyl (C=O) groups is 1. The third-order valence-electron chi connectivity index (χ3n) is 5.06. The van der Waals surface area contributed by atoms with Gasteiger partial charge in [0, 0.05) is 17.9 Å². The van der Waals surface area contributed by atoms with Crippen LogP contribution in [0.5, 0.6) is 0 Å². The number of carbonyl (C=O) groups excluding carboxylic acids is 1. The first-order valence-corrected chi connectivity index (χ1v) is 11.6. The predicted molar refractivity (Wildman–Crippen MR) is 109 cm³/mol. The largest absolute Gasteiger partial charge is 0.463 e. The fraction of sp³-hybridized carbons (Fsp3) is 0.762. The molecule has 0 heterocycles. The van der Waals surface area contributed by atoms with Gasteiger partial charge in [-0.1, -0.05) is 55.4 Å². The van der Waals surface area contributed by atoms with Gasteiger partial charge in [-0.2, -0.15) is 0 Å². The minimum absolute atomic E-state index is 0.216. The smallest absolute Gasteiger partial charge is 0.330 e. The fourth-order valence-corrected chi connectivity index (χ4v) is 9.46. The summed E-state index contributed by atoms with van der Waals surface area (Å²) in [4.78, 5) is 11.8. The van der Waals surface area contributed by atoms with E-state index in [2.05, 4.69) is 61.3 Å². The van der Waals surface area contributed by atoms with Gasteiger partial charge in [-0.05, 0) is 29.6 Å². The Labute approximate surface area is 156 Å². The molecule has 0 aromatic heterocycles. The van der Waals surface area contributed by atoms with Crippen LogP contribution in [0.2, 0.25) is 16.6 Å².